The molecule has 0 aliphatic carbocycles. The van der Waals surface area contributed by atoms with Crippen LogP contribution in [0.2, 0.25) is 5.02 Å². The molecule has 3 aromatic carbocycles. The summed E-state index contributed by atoms with van der Waals surface area (Å²) in [6, 6.07) is 22.2. The molecule has 0 spiro atoms. The molecular formula is C34H34ClN7O3. The molecule has 1 unspecified atom stereocenters. The molecule has 1 fully saturated rings. The van der Waals surface area contributed by atoms with Gasteiger partial charge in [-0.2, -0.15) is 5.10 Å². The third kappa shape index (κ3) is 6.99. The maximum Gasteiger partial charge on any atom is 0.270 e. The molecule has 3 N–H and O–H groups in total. The van der Waals surface area contributed by atoms with Crippen molar-refractivity contribution >= 4 is 29.1 Å². The lowest BCUT2D eigenvalue weighted by Gasteiger charge is -2.24. The largest absolute Gasteiger partial charge is 0.371 e. The standard InChI is InChI=1S/C34H34ClN7O3/c1-41-21-37-19-31(41)22-6-9-27(10-7-22)39-33(43)29(40-34(44)30-12-13-38-42(30)2)18-26-17-24(8-11-28(26)35)23-4-3-5-25(16-23)32-20-36-14-15-45-32/h3-13,16-17,19,21,29,32,36H,14-15,18,20H2,1-2H3,(H,39,43)(H,40,44)/t29?,32-/m1/s1. The quantitative estimate of drug-likeness (QED) is 0.218. The molecule has 45 heavy (non-hydrogen) atoms. The Morgan fingerprint density at radius 1 is 1.04 bits per heavy atom. The molecule has 1 aliphatic heterocycles. The van der Waals surface area contributed by atoms with Gasteiger partial charge in [0, 0.05) is 50.5 Å². The zero-order chi connectivity index (χ0) is 31.3. The maximum atomic E-state index is 13.7. The van der Waals surface area contributed by atoms with Gasteiger partial charge in [-0.3, -0.25) is 14.3 Å². The van der Waals surface area contributed by atoms with Crippen LogP contribution < -0.4 is 16.0 Å². The zero-order valence-corrected chi connectivity index (χ0v) is 25.8. The van der Waals surface area contributed by atoms with Crippen molar-refractivity contribution in [2.75, 3.05) is 25.0 Å². The van der Waals surface area contributed by atoms with Crippen molar-refractivity contribution in [1.29, 1.82) is 0 Å². The summed E-state index contributed by atoms with van der Waals surface area (Å²) in [6.07, 6.45) is 5.22. The number of halogens is 1. The monoisotopic (exact) mass is 623 g/mol. The number of benzene rings is 3. The van der Waals surface area contributed by atoms with E-state index in [1.807, 2.05) is 66.2 Å². The maximum absolute atomic E-state index is 13.7. The van der Waals surface area contributed by atoms with Gasteiger partial charge in [-0.05, 0) is 64.2 Å². The summed E-state index contributed by atoms with van der Waals surface area (Å²) in [5.41, 5.74) is 6.63. The fourth-order valence-electron chi connectivity index (χ4n) is 5.46. The Bertz CT molecular complexity index is 1810. The van der Waals surface area contributed by atoms with E-state index in [-0.39, 0.29) is 18.4 Å². The van der Waals surface area contributed by atoms with Gasteiger partial charge in [0.1, 0.15) is 11.7 Å². The summed E-state index contributed by atoms with van der Waals surface area (Å²) >= 11 is 6.69. The van der Waals surface area contributed by atoms with Gasteiger partial charge < -0.3 is 25.3 Å². The number of nitrogens with zero attached hydrogens (tertiary/aromatic N) is 4. The molecule has 0 saturated carbocycles. The van der Waals surface area contributed by atoms with E-state index in [1.54, 1.807) is 25.6 Å². The lowest BCUT2D eigenvalue weighted by Crippen LogP contribution is -2.45. The normalized spacial score (nSPS) is 15.4. The highest BCUT2D eigenvalue weighted by molar-refractivity contribution is 6.31. The van der Waals surface area contributed by atoms with Crippen molar-refractivity contribution in [1.82, 2.24) is 30.0 Å². The van der Waals surface area contributed by atoms with Gasteiger partial charge in [-0.25, -0.2) is 4.98 Å². The minimum absolute atomic E-state index is 0.0149. The van der Waals surface area contributed by atoms with Crippen LogP contribution >= 0.6 is 11.6 Å². The topological polar surface area (TPSA) is 115 Å². The van der Waals surface area contributed by atoms with Crippen LogP contribution in [-0.2, 0) is 30.0 Å². The number of anilines is 1. The number of aryl methyl sites for hydroxylation is 2. The molecule has 2 atom stereocenters. The number of rotatable bonds is 9. The molecular weight excluding hydrogens is 590 g/mol. The highest BCUT2D eigenvalue weighted by atomic mass is 35.5. The number of hydrogen-bond donors (Lipinski definition) is 3. The molecule has 0 radical (unpaired) electrons. The van der Waals surface area contributed by atoms with Gasteiger partial charge in [-0.15, -0.1) is 0 Å². The number of imidazole rings is 1. The molecule has 0 bridgehead atoms. The third-order valence-corrected chi connectivity index (χ3v) is 8.30. The number of carbonyl (C=O) groups excluding carboxylic acids is 2. The molecule has 6 rings (SSSR count). The van der Waals surface area contributed by atoms with E-state index < -0.39 is 11.9 Å². The van der Waals surface area contributed by atoms with Gasteiger partial charge in [-0.1, -0.05) is 48.0 Å². The first-order chi connectivity index (χ1) is 21.9. The summed E-state index contributed by atoms with van der Waals surface area (Å²) in [6.45, 7) is 2.27. The molecule has 2 amide bonds. The molecule has 3 heterocycles. The van der Waals surface area contributed by atoms with E-state index in [1.165, 1.54) is 10.9 Å². The fraction of sp³-hybridized carbons (Fsp3) is 0.235. The lowest BCUT2D eigenvalue weighted by atomic mass is 9.96. The summed E-state index contributed by atoms with van der Waals surface area (Å²) < 4.78 is 9.34. The van der Waals surface area contributed by atoms with Crippen molar-refractivity contribution in [3.05, 3.63) is 113 Å². The van der Waals surface area contributed by atoms with E-state index in [4.69, 9.17) is 16.3 Å². The molecule has 10 nitrogen and oxygen atoms in total. The second-order valence-corrected chi connectivity index (χ2v) is 11.4. The van der Waals surface area contributed by atoms with Crippen LogP contribution in [0.3, 0.4) is 0 Å². The van der Waals surface area contributed by atoms with Crippen LogP contribution in [0.25, 0.3) is 22.4 Å². The highest BCUT2D eigenvalue weighted by Gasteiger charge is 2.25. The lowest BCUT2D eigenvalue weighted by molar-refractivity contribution is -0.118. The van der Waals surface area contributed by atoms with Crippen LogP contribution in [0.5, 0.6) is 0 Å². The van der Waals surface area contributed by atoms with Gasteiger partial charge in [0.05, 0.1) is 30.9 Å². The number of aromatic nitrogens is 4. The Kier molecular flexibility index (Phi) is 9.06. The molecule has 5 aromatic rings. The Morgan fingerprint density at radius 2 is 1.84 bits per heavy atom. The third-order valence-electron chi connectivity index (χ3n) is 7.93. The second-order valence-electron chi connectivity index (χ2n) is 11.0. The first-order valence-electron chi connectivity index (χ1n) is 14.7. The van der Waals surface area contributed by atoms with Crippen LogP contribution in [0.15, 0.2) is 91.5 Å². The predicted molar refractivity (Wildman–Crippen MR) is 174 cm³/mol. The van der Waals surface area contributed by atoms with Crippen molar-refractivity contribution < 1.29 is 14.3 Å². The zero-order valence-electron chi connectivity index (χ0n) is 25.0. The molecule has 11 heteroatoms. The van der Waals surface area contributed by atoms with Crippen LogP contribution in [-0.4, -0.2) is 56.9 Å². The van der Waals surface area contributed by atoms with Crippen LogP contribution in [0, 0.1) is 0 Å². The minimum atomic E-state index is -0.926. The molecule has 1 aliphatic rings. The molecule has 230 valence electrons. The number of ether oxygens (including phenoxy) is 1. The smallest absolute Gasteiger partial charge is 0.270 e. The van der Waals surface area contributed by atoms with Crippen molar-refractivity contribution in [3.8, 4) is 22.4 Å². The summed E-state index contributed by atoms with van der Waals surface area (Å²) in [5.74, 6) is -0.785. The number of morpholine rings is 1. The van der Waals surface area contributed by atoms with E-state index in [0.717, 1.165) is 46.6 Å². The fourth-order valence-corrected chi connectivity index (χ4v) is 5.65. The average molecular weight is 624 g/mol. The van der Waals surface area contributed by atoms with Gasteiger partial charge in [0.25, 0.3) is 5.91 Å². The summed E-state index contributed by atoms with van der Waals surface area (Å²) in [5, 5.41) is 13.8. The predicted octanol–water partition coefficient (Wildman–Crippen LogP) is 4.78. The van der Waals surface area contributed by atoms with Gasteiger partial charge >= 0.3 is 0 Å². The van der Waals surface area contributed by atoms with E-state index >= 15 is 0 Å². The second kappa shape index (κ2) is 13.5. The minimum Gasteiger partial charge on any atom is -0.371 e. The SMILES string of the molecule is Cn1cncc1-c1ccc(NC(=O)C(Cc2cc(-c3cccc([C@H]4CNCCO4)c3)ccc2Cl)NC(=O)c2ccnn2C)cc1. The van der Waals surface area contributed by atoms with Crippen molar-refractivity contribution in [2.45, 2.75) is 18.6 Å². The first-order valence-corrected chi connectivity index (χ1v) is 15.1. The van der Waals surface area contributed by atoms with Gasteiger partial charge in [0.15, 0.2) is 0 Å². The van der Waals surface area contributed by atoms with E-state index in [9.17, 15) is 9.59 Å². The number of amides is 2. The Balaban J connectivity index is 1.25. The van der Waals surface area contributed by atoms with Crippen molar-refractivity contribution in [2.24, 2.45) is 14.1 Å². The average Bonchev–Trinajstić information content (AvgIpc) is 3.70. The molecule has 1 saturated heterocycles. The van der Waals surface area contributed by atoms with Gasteiger partial charge in [0.2, 0.25) is 5.91 Å². The Hall–Kier alpha value is -4.77. The van der Waals surface area contributed by atoms with E-state index in [0.29, 0.717) is 23.0 Å². The summed E-state index contributed by atoms with van der Waals surface area (Å²) in [4.78, 5) is 31.2. The number of hydrogen-bond acceptors (Lipinski definition) is 6. The summed E-state index contributed by atoms with van der Waals surface area (Å²) in [7, 11) is 3.60. The molecule has 2 aromatic heterocycles. The number of carbonyl (C=O) groups is 2. The van der Waals surface area contributed by atoms with Crippen molar-refractivity contribution in [3.63, 3.8) is 0 Å². The Labute approximate surface area is 266 Å². The van der Waals surface area contributed by atoms with E-state index in [2.05, 4.69) is 38.2 Å². The first kappa shape index (κ1) is 30.3. The van der Waals surface area contributed by atoms with Crippen LogP contribution in [0.4, 0.5) is 5.69 Å². The van der Waals surface area contributed by atoms with Crippen LogP contribution in [0.1, 0.15) is 27.7 Å². The number of nitrogens with one attached hydrogen (secondary N) is 3. The Morgan fingerprint density at radius 3 is 2.56 bits per heavy atom. The highest BCUT2D eigenvalue weighted by Crippen LogP contribution is 2.30.